The fourth-order valence-electron chi connectivity index (χ4n) is 1.17. The number of rotatable bonds is 7. The number of halogens is 1. The molecule has 0 amide bonds. The number of ether oxygens (including phenoxy) is 2. The van der Waals surface area contributed by atoms with Crippen molar-refractivity contribution in [1.29, 1.82) is 0 Å². The van der Waals surface area contributed by atoms with Gasteiger partial charge in [-0.15, -0.1) is 11.3 Å². The molecule has 1 unspecified atom stereocenters. The summed E-state index contributed by atoms with van der Waals surface area (Å²) >= 11 is 7.45. The molecule has 0 saturated heterocycles. The first-order valence-corrected chi connectivity index (χ1v) is 5.96. The summed E-state index contributed by atoms with van der Waals surface area (Å²) in [4.78, 5) is 1.19. The minimum Gasteiger partial charge on any atom is -0.382 e. The normalized spacial score (nSPS) is 13.0. The van der Waals surface area contributed by atoms with Crippen LogP contribution < -0.4 is 5.32 Å². The Hall–Kier alpha value is -0.130. The zero-order valence-corrected chi connectivity index (χ0v) is 10.5. The minimum atomic E-state index is 0.208. The molecule has 0 aromatic carbocycles. The van der Waals surface area contributed by atoms with Gasteiger partial charge >= 0.3 is 0 Å². The van der Waals surface area contributed by atoms with Gasteiger partial charge in [0.2, 0.25) is 0 Å². The van der Waals surface area contributed by atoms with E-state index in [1.807, 2.05) is 19.2 Å². The summed E-state index contributed by atoms with van der Waals surface area (Å²) in [7, 11) is 3.58. The molecule has 86 valence electrons. The maximum Gasteiger partial charge on any atom is 0.0931 e. The minimum absolute atomic E-state index is 0.208. The van der Waals surface area contributed by atoms with Crippen LogP contribution in [0.25, 0.3) is 0 Å². The van der Waals surface area contributed by atoms with E-state index >= 15 is 0 Å². The summed E-state index contributed by atoms with van der Waals surface area (Å²) in [6, 6.07) is 4.13. The van der Waals surface area contributed by atoms with Crippen LogP contribution in [0.5, 0.6) is 0 Å². The Morgan fingerprint density at radius 1 is 1.47 bits per heavy atom. The van der Waals surface area contributed by atoms with E-state index in [9.17, 15) is 0 Å². The second-order valence-corrected chi connectivity index (χ2v) is 4.80. The quantitative estimate of drug-likeness (QED) is 0.753. The lowest BCUT2D eigenvalue weighted by Gasteiger charge is -2.14. The summed E-state index contributed by atoms with van der Waals surface area (Å²) < 4.78 is 11.2. The van der Waals surface area contributed by atoms with Crippen molar-refractivity contribution >= 4 is 22.9 Å². The third-order valence-electron chi connectivity index (χ3n) is 2.00. The summed E-state index contributed by atoms with van der Waals surface area (Å²) in [6.07, 6.45) is 0. The molecule has 0 aliphatic carbocycles. The molecule has 1 aromatic rings. The highest BCUT2D eigenvalue weighted by Crippen LogP contribution is 2.26. The average molecular weight is 250 g/mol. The molecule has 0 spiro atoms. The number of thiophene rings is 1. The molecule has 1 aromatic heterocycles. The van der Waals surface area contributed by atoms with E-state index in [1.165, 1.54) is 4.88 Å². The van der Waals surface area contributed by atoms with Gasteiger partial charge in [-0.25, -0.2) is 0 Å². The monoisotopic (exact) mass is 249 g/mol. The largest absolute Gasteiger partial charge is 0.382 e. The smallest absolute Gasteiger partial charge is 0.0931 e. The Morgan fingerprint density at radius 2 is 2.27 bits per heavy atom. The summed E-state index contributed by atoms with van der Waals surface area (Å²) in [5.41, 5.74) is 0. The first kappa shape index (κ1) is 12.9. The Balaban J connectivity index is 2.35. The molecule has 0 bridgehead atoms. The highest BCUT2D eigenvalue weighted by atomic mass is 35.5. The Labute approximate surface area is 99.3 Å². The second-order valence-electron chi connectivity index (χ2n) is 3.05. The maximum atomic E-state index is 5.88. The van der Waals surface area contributed by atoms with Gasteiger partial charge in [-0.05, 0) is 19.2 Å². The van der Waals surface area contributed by atoms with Crippen molar-refractivity contribution in [2.24, 2.45) is 0 Å². The van der Waals surface area contributed by atoms with Crippen LogP contribution in [-0.4, -0.2) is 34.0 Å². The molecule has 0 aliphatic rings. The zero-order chi connectivity index (χ0) is 11.1. The third kappa shape index (κ3) is 4.49. The van der Waals surface area contributed by atoms with Crippen molar-refractivity contribution in [2.45, 2.75) is 6.04 Å². The number of methoxy groups -OCH3 is 1. The molecule has 1 atom stereocenters. The lowest BCUT2D eigenvalue weighted by molar-refractivity contribution is 0.0601. The lowest BCUT2D eigenvalue weighted by Crippen LogP contribution is -2.21. The van der Waals surface area contributed by atoms with Crippen LogP contribution in [0.3, 0.4) is 0 Å². The molecule has 1 N–H and O–H groups in total. The molecule has 0 fully saturated rings. The third-order valence-corrected chi connectivity index (χ3v) is 3.35. The zero-order valence-electron chi connectivity index (χ0n) is 8.96. The van der Waals surface area contributed by atoms with E-state index in [-0.39, 0.29) is 6.04 Å². The van der Waals surface area contributed by atoms with E-state index in [0.717, 1.165) is 4.34 Å². The van der Waals surface area contributed by atoms with E-state index < -0.39 is 0 Å². The summed E-state index contributed by atoms with van der Waals surface area (Å²) in [6.45, 7) is 1.88. The van der Waals surface area contributed by atoms with Crippen LogP contribution in [0.2, 0.25) is 4.34 Å². The van der Waals surface area contributed by atoms with Crippen molar-refractivity contribution in [3.8, 4) is 0 Å². The SMILES string of the molecule is CNC(COCCOC)c1ccc(Cl)s1. The van der Waals surface area contributed by atoms with Crippen LogP contribution in [0, 0.1) is 0 Å². The van der Waals surface area contributed by atoms with Gasteiger partial charge in [0, 0.05) is 12.0 Å². The molecule has 5 heteroatoms. The topological polar surface area (TPSA) is 30.5 Å². The molecule has 0 saturated carbocycles. The van der Waals surface area contributed by atoms with Gasteiger partial charge in [0.25, 0.3) is 0 Å². The van der Waals surface area contributed by atoms with Gasteiger partial charge in [-0.1, -0.05) is 11.6 Å². The van der Waals surface area contributed by atoms with Gasteiger partial charge in [0.05, 0.1) is 30.2 Å². The highest BCUT2D eigenvalue weighted by molar-refractivity contribution is 7.16. The van der Waals surface area contributed by atoms with Crippen LogP contribution >= 0.6 is 22.9 Å². The average Bonchev–Trinajstić information content (AvgIpc) is 2.65. The van der Waals surface area contributed by atoms with Crippen molar-refractivity contribution in [2.75, 3.05) is 34.0 Å². The summed E-state index contributed by atoms with van der Waals surface area (Å²) in [5.74, 6) is 0. The van der Waals surface area contributed by atoms with Crippen molar-refractivity contribution in [3.05, 3.63) is 21.3 Å². The number of hydrogen-bond acceptors (Lipinski definition) is 4. The maximum absolute atomic E-state index is 5.88. The Bertz CT molecular complexity index is 280. The van der Waals surface area contributed by atoms with Gasteiger partial charge < -0.3 is 14.8 Å². The molecule has 1 heterocycles. The molecular formula is C10H16ClNO2S. The van der Waals surface area contributed by atoms with E-state index in [1.54, 1.807) is 18.4 Å². The molecule has 15 heavy (non-hydrogen) atoms. The predicted molar refractivity (Wildman–Crippen MR) is 63.8 cm³/mol. The molecule has 1 rings (SSSR count). The van der Waals surface area contributed by atoms with E-state index in [2.05, 4.69) is 5.32 Å². The fourth-order valence-corrected chi connectivity index (χ4v) is 2.32. The number of likely N-dealkylation sites (N-methyl/N-ethyl adjacent to an activating group) is 1. The first-order valence-electron chi connectivity index (χ1n) is 4.77. The van der Waals surface area contributed by atoms with Crippen LogP contribution in [-0.2, 0) is 9.47 Å². The second kappa shape index (κ2) is 7.19. The number of hydrogen-bond donors (Lipinski definition) is 1. The fraction of sp³-hybridized carbons (Fsp3) is 0.600. The lowest BCUT2D eigenvalue weighted by atomic mass is 10.2. The standard InChI is InChI=1S/C10H16ClNO2S/c1-12-8(7-14-6-5-13-2)9-3-4-10(11)15-9/h3-4,8,12H,5-7H2,1-2H3. The van der Waals surface area contributed by atoms with Crippen LogP contribution in [0.4, 0.5) is 0 Å². The molecular weight excluding hydrogens is 234 g/mol. The van der Waals surface area contributed by atoms with Gasteiger partial charge in [0.1, 0.15) is 0 Å². The van der Waals surface area contributed by atoms with Gasteiger partial charge in [-0.2, -0.15) is 0 Å². The van der Waals surface area contributed by atoms with Crippen LogP contribution in [0.1, 0.15) is 10.9 Å². The molecule has 3 nitrogen and oxygen atoms in total. The van der Waals surface area contributed by atoms with Crippen molar-refractivity contribution in [1.82, 2.24) is 5.32 Å². The van der Waals surface area contributed by atoms with E-state index in [0.29, 0.717) is 19.8 Å². The molecule has 0 radical (unpaired) electrons. The van der Waals surface area contributed by atoms with Gasteiger partial charge in [-0.3, -0.25) is 0 Å². The van der Waals surface area contributed by atoms with Crippen molar-refractivity contribution < 1.29 is 9.47 Å². The first-order chi connectivity index (χ1) is 7.27. The van der Waals surface area contributed by atoms with Crippen LogP contribution in [0.15, 0.2) is 12.1 Å². The summed E-state index contributed by atoms with van der Waals surface area (Å²) in [5, 5.41) is 3.19. The Kier molecular flexibility index (Phi) is 6.20. The van der Waals surface area contributed by atoms with E-state index in [4.69, 9.17) is 21.1 Å². The highest BCUT2D eigenvalue weighted by Gasteiger charge is 2.11. The molecule has 0 aliphatic heterocycles. The number of nitrogens with one attached hydrogen (secondary N) is 1. The van der Waals surface area contributed by atoms with Gasteiger partial charge in [0.15, 0.2) is 0 Å². The Morgan fingerprint density at radius 3 is 2.80 bits per heavy atom. The van der Waals surface area contributed by atoms with Crippen molar-refractivity contribution in [3.63, 3.8) is 0 Å². The predicted octanol–water partition coefficient (Wildman–Crippen LogP) is 2.33.